The fourth-order valence-electron chi connectivity index (χ4n) is 5.48. The van der Waals surface area contributed by atoms with Crippen LogP contribution in [0.5, 0.6) is 0 Å². The standard InChI is InChI=1S/C28H34N4O3/c1-21(2)19-32-27(34)31(14-6-8-22-7-5-13-29-18-22)26(33)28(32)11-15-30(16-12-28)20-24-17-23-9-3-4-10-25(23)35-24/h3-5,7,9-10,13,17-18,21H,6,8,11-12,14-16,19-20H2,1-2H3. The van der Waals surface area contributed by atoms with Crippen LogP contribution in [0.4, 0.5) is 4.79 Å². The molecule has 7 nitrogen and oxygen atoms in total. The van der Waals surface area contributed by atoms with Gasteiger partial charge >= 0.3 is 6.03 Å². The topological polar surface area (TPSA) is 69.9 Å². The van der Waals surface area contributed by atoms with Crippen LogP contribution in [0.2, 0.25) is 0 Å². The molecule has 5 rings (SSSR count). The van der Waals surface area contributed by atoms with Crippen LogP contribution in [-0.4, -0.2) is 63.3 Å². The Balaban J connectivity index is 1.26. The lowest BCUT2D eigenvalue weighted by atomic mass is 9.85. The Labute approximate surface area is 206 Å². The van der Waals surface area contributed by atoms with Crippen LogP contribution < -0.4 is 0 Å². The van der Waals surface area contributed by atoms with Gasteiger partial charge in [0.15, 0.2) is 0 Å². The maximum absolute atomic E-state index is 13.7. The number of likely N-dealkylation sites (tertiary alicyclic amines) is 1. The lowest BCUT2D eigenvalue weighted by Gasteiger charge is -2.42. The van der Waals surface area contributed by atoms with Crippen molar-refractivity contribution < 1.29 is 14.0 Å². The molecule has 1 aromatic carbocycles. The number of amides is 3. The highest BCUT2D eigenvalue weighted by Gasteiger charge is 2.57. The van der Waals surface area contributed by atoms with Gasteiger partial charge in [0, 0.05) is 44.0 Å². The molecule has 7 heteroatoms. The van der Waals surface area contributed by atoms with Crippen molar-refractivity contribution in [3.8, 4) is 0 Å². The van der Waals surface area contributed by atoms with Gasteiger partial charge in [-0.15, -0.1) is 0 Å². The Kier molecular flexibility index (Phi) is 6.60. The van der Waals surface area contributed by atoms with Crippen LogP contribution in [0.3, 0.4) is 0 Å². The molecule has 35 heavy (non-hydrogen) atoms. The number of benzene rings is 1. The first-order valence-electron chi connectivity index (χ1n) is 12.7. The predicted octanol–water partition coefficient (Wildman–Crippen LogP) is 4.72. The molecule has 2 aliphatic rings. The Hall–Kier alpha value is -3.19. The van der Waals surface area contributed by atoms with Crippen molar-refractivity contribution in [1.82, 2.24) is 19.7 Å². The number of pyridine rings is 1. The van der Waals surface area contributed by atoms with E-state index in [0.717, 1.165) is 48.2 Å². The number of urea groups is 1. The van der Waals surface area contributed by atoms with E-state index in [4.69, 9.17) is 4.42 Å². The molecule has 2 aromatic heterocycles. The number of carbonyl (C=O) groups is 2. The molecule has 2 aliphatic heterocycles. The lowest BCUT2D eigenvalue weighted by molar-refractivity contribution is -0.136. The van der Waals surface area contributed by atoms with Crippen molar-refractivity contribution in [3.63, 3.8) is 0 Å². The third-order valence-electron chi connectivity index (χ3n) is 7.28. The van der Waals surface area contributed by atoms with E-state index >= 15 is 0 Å². The highest BCUT2D eigenvalue weighted by Crippen LogP contribution is 2.38. The molecule has 3 aromatic rings. The number of para-hydroxylation sites is 1. The summed E-state index contributed by atoms with van der Waals surface area (Å²) >= 11 is 0. The molecule has 0 unspecified atom stereocenters. The zero-order valence-electron chi connectivity index (χ0n) is 20.7. The quantitative estimate of drug-likeness (QED) is 0.442. The number of rotatable bonds is 8. The summed E-state index contributed by atoms with van der Waals surface area (Å²) in [5.41, 5.74) is 1.30. The number of hydrogen-bond donors (Lipinski definition) is 0. The van der Waals surface area contributed by atoms with Gasteiger partial charge in [-0.3, -0.25) is 19.6 Å². The lowest BCUT2D eigenvalue weighted by Crippen LogP contribution is -2.57. The average Bonchev–Trinajstić information content (AvgIpc) is 3.34. The summed E-state index contributed by atoms with van der Waals surface area (Å²) in [4.78, 5) is 37.0. The average molecular weight is 475 g/mol. The first-order valence-corrected chi connectivity index (χ1v) is 12.7. The van der Waals surface area contributed by atoms with Crippen LogP contribution in [0, 0.1) is 5.92 Å². The third-order valence-corrected chi connectivity index (χ3v) is 7.28. The molecule has 2 saturated heterocycles. The van der Waals surface area contributed by atoms with Crippen LogP contribution in [0.15, 0.2) is 59.3 Å². The van der Waals surface area contributed by atoms with E-state index in [1.54, 1.807) is 6.20 Å². The predicted molar refractivity (Wildman–Crippen MR) is 135 cm³/mol. The summed E-state index contributed by atoms with van der Waals surface area (Å²) in [5, 5.41) is 1.11. The summed E-state index contributed by atoms with van der Waals surface area (Å²) in [5.74, 6) is 1.22. The Morgan fingerprint density at radius 1 is 1.09 bits per heavy atom. The SMILES string of the molecule is CC(C)CN1C(=O)N(CCCc2cccnc2)C(=O)C12CCN(Cc1cc3ccccc3o1)CC2. The normalized spacial score (nSPS) is 18.5. The number of aromatic nitrogens is 1. The number of nitrogens with zero attached hydrogens (tertiary/aromatic N) is 4. The third kappa shape index (κ3) is 4.69. The van der Waals surface area contributed by atoms with Gasteiger partial charge in [-0.25, -0.2) is 4.79 Å². The summed E-state index contributed by atoms with van der Waals surface area (Å²) in [6, 6.07) is 14.0. The summed E-state index contributed by atoms with van der Waals surface area (Å²) < 4.78 is 6.01. The minimum absolute atomic E-state index is 0.0160. The smallest absolute Gasteiger partial charge is 0.327 e. The van der Waals surface area contributed by atoms with Gasteiger partial charge in [0.1, 0.15) is 16.9 Å². The van der Waals surface area contributed by atoms with Gasteiger partial charge in [0.25, 0.3) is 5.91 Å². The van der Waals surface area contributed by atoms with Crippen molar-refractivity contribution in [2.45, 2.75) is 51.6 Å². The minimum atomic E-state index is -0.722. The van der Waals surface area contributed by atoms with Gasteiger partial charge in [0.2, 0.25) is 0 Å². The van der Waals surface area contributed by atoms with Crippen molar-refractivity contribution in [1.29, 1.82) is 0 Å². The van der Waals surface area contributed by atoms with E-state index in [1.807, 2.05) is 41.4 Å². The summed E-state index contributed by atoms with van der Waals surface area (Å²) in [6.07, 6.45) is 6.45. The highest BCUT2D eigenvalue weighted by molar-refractivity contribution is 6.07. The van der Waals surface area contributed by atoms with Crippen molar-refractivity contribution in [3.05, 3.63) is 66.2 Å². The van der Waals surface area contributed by atoms with E-state index in [-0.39, 0.29) is 11.9 Å². The molecular weight excluding hydrogens is 440 g/mol. The molecule has 3 amide bonds. The van der Waals surface area contributed by atoms with E-state index in [9.17, 15) is 9.59 Å². The number of furan rings is 1. The molecule has 0 aliphatic carbocycles. The van der Waals surface area contributed by atoms with Crippen LogP contribution in [0.25, 0.3) is 11.0 Å². The Morgan fingerprint density at radius 3 is 2.60 bits per heavy atom. The Bertz CT molecular complexity index is 1150. The molecule has 0 atom stereocenters. The monoisotopic (exact) mass is 474 g/mol. The summed E-state index contributed by atoms with van der Waals surface area (Å²) in [6.45, 7) is 7.49. The van der Waals surface area contributed by atoms with Crippen molar-refractivity contribution >= 4 is 22.9 Å². The molecule has 2 fully saturated rings. The van der Waals surface area contributed by atoms with Crippen LogP contribution in [-0.2, 0) is 17.8 Å². The van der Waals surface area contributed by atoms with Crippen molar-refractivity contribution in [2.75, 3.05) is 26.2 Å². The number of hydrogen-bond acceptors (Lipinski definition) is 5. The maximum atomic E-state index is 13.7. The second-order valence-electron chi connectivity index (χ2n) is 10.3. The molecule has 0 bridgehead atoms. The summed E-state index contributed by atoms with van der Waals surface area (Å²) in [7, 11) is 0. The fraction of sp³-hybridized carbons (Fsp3) is 0.464. The molecule has 4 heterocycles. The van der Waals surface area contributed by atoms with E-state index in [0.29, 0.717) is 38.4 Å². The number of fused-ring (bicyclic) bond motifs is 1. The van der Waals surface area contributed by atoms with Gasteiger partial charge in [-0.2, -0.15) is 0 Å². The van der Waals surface area contributed by atoms with E-state index < -0.39 is 5.54 Å². The van der Waals surface area contributed by atoms with Gasteiger partial charge < -0.3 is 9.32 Å². The molecule has 184 valence electrons. The van der Waals surface area contributed by atoms with E-state index in [1.165, 1.54) is 4.90 Å². The number of aryl methyl sites for hydroxylation is 1. The zero-order valence-corrected chi connectivity index (χ0v) is 20.7. The molecule has 0 N–H and O–H groups in total. The fourth-order valence-corrected chi connectivity index (χ4v) is 5.48. The minimum Gasteiger partial charge on any atom is -0.460 e. The first kappa shape index (κ1) is 23.5. The van der Waals surface area contributed by atoms with E-state index in [2.05, 4.69) is 35.9 Å². The molecule has 0 saturated carbocycles. The zero-order chi connectivity index (χ0) is 24.4. The number of carbonyl (C=O) groups excluding carboxylic acids is 2. The van der Waals surface area contributed by atoms with Crippen molar-refractivity contribution in [2.24, 2.45) is 5.92 Å². The van der Waals surface area contributed by atoms with Crippen LogP contribution in [0.1, 0.15) is 44.4 Å². The molecule has 1 spiro atoms. The Morgan fingerprint density at radius 2 is 1.89 bits per heavy atom. The second kappa shape index (κ2) is 9.82. The largest absolute Gasteiger partial charge is 0.460 e. The molecule has 0 radical (unpaired) electrons. The van der Waals surface area contributed by atoms with Gasteiger partial charge in [-0.1, -0.05) is 38.1 Å². The first-order chi connectivity index (χ1) is 17.0. The van der Waals surface area contributed by atoms with Crippen LogP contribution >= 0.6 is 0 Å². The molecular formula is C28H34N4O3. The number of imide groups is 1. The maximum Gasteiger partial charge on any atom is 0.327 e. The highest BCUT2D eigenvalue weighted by atomic mass is 16.3. The second-order valence-corrected chi connectivity index (χ2v) is 10.3. The number of piperidine rings is 1. The van der Waals surface area contributed by atoms with Gasteiger partial charge in [-0.05, 0) is 55.4 Å². The van der Waals surface area contributed by atoms with Gasteiger partial charge in [0.05, 0.1) is 6.54 Å².